The van der Waals surface area contributed by atoms with Crippen molar-refractivity contribution in [1.29, 1.82) is 0 Å². The first kappa shape index (κ1) is 13.9. The van der Waals surface area contributed by atoms with Crippen LogP contribution >= 0.6 is 0 Å². The van der Waals surface area contributed by atoms with Crippen LogP contribution in [0.25, 0.3) is 0 Å². The Labute approximate surface area is 98.2 Å². The molecule has 0 radical (unpaired) electrons. The Kier molecular flexibility index (Phi) is 4.89. The van der Waals surface area contributed by atoms with Crippen molar-refractivity contribution in [1.82, 2.24) is 10.4 Å². The van der Waals surface area contributed by atoms with Crippen LogP contribution in [0.2, 0.25) is 0 Å². The van der Waals surface area contributed by atoms with Gasteiger partial charge in [0.15, 0.2) is 0 Å². The zero-order chi connectivity index (χ0) is 12.9. The maximum atomic E-state index is 12.0. The van der Waals surface area contributed by atoms with Gasteiger partial charge >= 0.3 is 6.18 Å². The molecule has 0 spiro atoms. The lowest BCUT2D eigenvalue weighted by molar-refractivity contribution is -0.135. The number of nitrogens with zero attached hydrogens (tertiary/aromatic N) is 1. The van der Waals surface area contributed by atoms with Gasteiger partial charge in [-0.1, -0.05) is 0 Å². The molecule has 0 amide bonds. The molecule has 0 fully saturated rings. The topological polar surface area (TPSA) is 50.9 Å². The Balaban J connectivity index is 2.54. The van der Waals surface area contributed by atoms with E-state index in [9.17, 15) is 13.2 Å². The number of halogens is 3. The fourth-order valence-electron chi connectivity index (χ4n) is 1.57. The number of nitrogens with one attached hydrogen (secondary N) is 1. The minimum Gasteiger partial charge on any atom is -0.271 e. The first-order valence-electron chi connectivity index (χ1n) is 5.38. The van der Waals surface area contributed by atoms with E-state index in [0.29, 0.717) is 12.1 Å². The molecule has 0 aromatic carbocycles. The number of nitrogens with two attached hydrogens (primary N) is 1. The van der Waals surface area contributed by atoms with Crippen LogP contribution in [0.5, 0.6) is 0 Å². The molecular weight excluding hydrogens is 231 g/mol. The average Bonchev–Trinajstić information content (AvgIpc) is 2.23. The number of rotatable bonds is 5. The molecule has 17 heavy (non-hydrogen) atoms. The van der Waals surface area contributed by atoms with Gasteiger partial charge < -0.3 is 0 Å². The van der Waals surface area contributed by atoms with Crippen molar-refractivity contribution in [2.24, 2.45) is 5.84 Å². The third-order valence-electron chi connectivity index (χ3n) is 2.45. The van der Waals surface area contributed by atoms with Crippen LogP contribution in [0.3, 0.4) is 0 Å². The zero-order valence-corrected chi connectivity index (χ0v) is 9.59. The maximum absolute atomic E-state index is 12.0. The molecular formula is C11H16F3N3. The van der Waals surface area contributed by atoms with E-state index in [1.807, 2.05) is 19.1 Å². The summed E-state index contributed by atoms with van der Waals surface area (Å²) in [7, 11) is 0. The highest BCUT2D eigenvalue weighted by Crippen LogP contribution is 2.25. The monoisotopic (exact) mass is 247 g/mol. The summed E-state index contributed by atoms with van der Waals surface area (Å²) in [5, 5.41) is 0. The molecule has 1 rings (SSSR count). The fourth-order valence-corrected chi connectivity index (χ4v) is 1.57. The molecule has 96 valence electrons. The second-order valence-corrected chi connectivity index (χ2v) is 3.98. The van der Waals surface area contributed by atoms with Gasteiger partial charge in [-0.15, -0.1) is 0 Å². The zero-order valence-electron chi connectivity index (χ0n) is 9.59. The van der Waals surface area contributed by atoms with Gasteiger partial charge in [-0.25, -0.2) is 0 Å². The number of aromatic nitrogens is 1. The molecule has 0 saturated carbocycles. The normalized spacial score (nSPS) is 13.7. The number of hydrogen-bond acceptors (Lipinski definition) is 3. The minimum absolute atomic E-state index is 0.0357. The van der Waals surface area contributed by atoms with Crippen LogP contribution in [0.4, 0.5) is 13.2 Å². The van der Waals surface area contributed by atoms with Crippen molar-refractivity contribution in [3.63, 3.8) is 0 Å². The lowest BCUT2D eigenvalue weighted by atomic mass is 10.1. The molecule has 0 saturated heterocycles. The van der Waals surface area contributed by atoms with Crippen molar-refractivity contribution >= 4 is 0 Å². The van der Waals surface area contributed by atoms with Crippen molar-refractivity contribution < 1.29 is 13.2 Å². The van der Waals surface area contributed by atoms with Gasteiger partial charge in [0.1, 0.15) is 0 Å². The Hall–Kier alpha value is -1.14. The number of hydrogen-bond donors (Lipinski definition) is 2. The van der Waals surface area contributed by atoms with Gasteiger partial charge in [-0.2, -0.15) is 13.2 Å². The average molecular weight is 247 g/mol. The standard InChI is InChI=1S/C11H16F3N3/c1-8-4-6-16-10(7-8)9(17-15)3-2-5-11(12,13)14/h4,6-7,9,17H,2-3,5,15H2,1H3. The van der Waals surface area contributed by atoms with Crippen LogP contribution in [0.1, 0.15) is 36.6 Å². The predicted octanol–water partition coefficient (Wildman–Crippen LogP) is 2.63. The van der Waals surface area contributed by atoms with E-state index >= 15 is 0 Å². The number of aryl methyl sites for hydroxylation is 1. The van der Waals surface area contributed by atoms with Crippen LogP contribution in [-0.4, -0.2) is 11.2 Å². The Morgan fingerprint density at radius 3 is 2.71 bits per heavy atom. The molecule has 1 unspecified atom stereocenters. The first-order chi connectivity index (χ1) is 7.92. The molecule has 0 bridgehead atoms. The molecule has 1 heterocycles. The van der Waals surface area contributed by atoms with E-state index in [-0.39, 0.29) is 12.5 Å². The van der Waals surface area contributed by atoms with E-state index in [4.69, 9.17) is 5.84 Å². The van der Waals surface area contributed by atoms with Gasteiger partial charge in [-0.05, 0) is 37.5 Å². The molecule has 3 nitrogen and oxygen atoms in total. The largest absolute Gasteiger partial charge is 0.389 e. The van der Waals surface area contributed by atoms with E-state index in [2.05, 4.69) is 10.4 Å². The molecule has 1 aromatic heterocycles. The predicted molar refractivity (Wildman–Crippen MR) is 58.9 cm³/mol. The third kappa shape index (κ3) is 5.14. The second-order valence-electron chi connectivity index (χ2n) is 3.98. The number of hydrazine groups is 1. The van der Waals surface area contributed by atoms with E-state index < -0.39 is 12.6 Å². The van der Waals surface area contributed by atoms with Gasteiger partial charge in [0.05, 0.1) is 11.7 Å². The molecule has 3 N–H and O–H groups in total. The van der Waals surface area contributed by atoms with Crippen LogP contribution < -0.4 is 11.3 Å². The third-order valence-corrected chi connectivity index (χ3v) is 2.45. The second kappa shape index (κ2) is 5.97. The highest BCUT2D eigenvalue weighted by Gasteiger charge is 2.26. The molecule has 1 atom stereocenters. The van der Waals surface area contributed by atoms with Gasteiger partial charge in [0.25, 0.3) is 0 Å². The van der Waals surface area contributed by atoms with Crippen molar-refractivity contribution in [2.75, 3.05) is 0 Å². The number of alkyl halides is 3. The highest BCUT2D eigenvalue weighted by atomic mass is 19.4. The molecule has 6 heteroatoms. The summed E-state index contributed by atoms with van der Waals surface area (Å²) in [5.41, 5.74) is 4.18. The molecule has 1 aromatic rings. The maximum Gasteiger partial charge on any atom is 0.389 e. The first-order valence-corrected chi connectivity index (χ1v) is 5.38. The highest BCUT2D eigenvalue weighted by molar-refractivity contribution is 5.17. The molecule has 0 aliphatic carbocycles. The molecule has 0 aliphatic heterocycles. The minimum atomic E-state index is -4.11. The van der Waals surface area contributed by atoms with Gasteiger partial charge in [0.2, 0.25) is 0 Å². The van der Waals surface area contributed by atoms with Crippen LogP contribution in [0, 0.1) is 6.92 Å². The van der Waals surface area contributed by atoms with E-state index in [0.717, 1.165) is 5.56 Å². The summed E-state index contributed by atoms with van der Waals surface area (Å²) in [5.74, 6) is 5.33. The summed E-state index contributed by atoms with van der Waals surface area (Å²) in [6.45, 7) is 1.90. The summed E-state index contributed by atoms with van der Waals surface area (Å²) in [4.78, 5) is 4.10. The van der Waals surface area contributed by atoms with Crippen molar-refractivity contribution in [2.45, 2.75) is 38.4 Å². The van der Waals surface area contributed by atoms with Gasteiger partial charge in [-0.3, -0.25) is 16.3 Å². The van der Waals surface area contributed by atoms with E-state index in [1.165, 1.54) is 0 Å². The van der Waals surface area contributed by atoms with Crippen molar-refractivity contribution in [3.05, 3.63) is 29.6 Å². The smallest absolute Gasteiger partial charge is 0.271 e. The van der Waals surface area contributed by atoms with Gasteiger partial charge in [0, 0.05) is 12.6 Å². The van der Waals surface area contributed by atoms with Crippen LogP contribution in [-0.2, 0) is 0 Å². The Morgan fingerprint density at radius 2 is 2.18 bits per heavy atom. The lowest BCUT2D eigenvalue weighted by Gasteiger charge is -2.16. The fraction of sp³-hybridized carbons (Fsp3) is 0.545. The quantitative estimate of drug-likeness (QED) is 0.621. The summed E-state index contributed by atoms with van der Waals surface area (Å²) >= 11 is 0. The molecule has 0 aliphatic rings. The lowest BCUT2D eigenvalue weighted by Crippen LogP contribution is -2.29. The Bertz CT molecular complexity index is 352. The number of pyridine rings is 1. The Morgan fingerprint density at radius 1 is 1.47 bits per heavy atom. The summed E-state index contributed by atoms with van der Waals surface area (Å²) in [6.07, 6.45) is -2.94. The SMILES string of the molecule is Cc1ccnc(C(CCCC(F)(F)F)NN)c1. The van der Waals surface area contributed by atoms with Crippen molar-refractivity contribution in [3.8, 4) is 0 Å². The summed E-state index contributed by atoms with van der Waals surface area (Å²) < 4.78 is 36.0. The summed E-state index contributed by atoms with van der Waals surface area (Å²) in [6, 6.07) is 3.31. The van der Waals surface area contributed by atoms with Crippen LogP contribution in [0.15, 0.2) is 18.3 Å². The van der Waals surface area contributed by atoms with E-state index in [1.54, 1.807) is 6.20 Å².